The first kappa shape index (κ1) is 20.7. The number of nitrogens with one attached hydrogen (secondary N) is 2. The lowest BCUT2D eigenvalue weighted by molar-refractivity contribution is 0.0951. The number of anilines is 1. The second-order valence-corrected chi connectivity index (χ2v) is 7.42. The van der Waals surface area contributed by atoms with Crippen molar-refractivity contribution >= 4 is 34.1 Å². The molecular weight excluding hydrogens is 410 g/mol. The van der Waals surface area contributed by atoms with Crippen molar-refractivity contribution in [1.29, 1.82) is 0 Å². The molecule has 6 heteroatoms. The molecule has 0 radical (unpaired) electrons. The van der Waals surface area contributed by atoms with Gasteiger partial charge in [0.2, 0.25) is 0 Å². The van der Waals surface area contributed by atoms with Gasteiger partial charge in [0.1, 0.15) is 10.9 Å². The highest BCUT2D eigenvalue weighted by atomic mass is 35.5. The van der Waals surface area contributed by atoms with Crippen molar-refractivity contribution in [1.82, 2.24) is 10.3 Å². The number of fused-ring (bicyclic) bond motifs is 1. The molecule has 2 N–H and O–H groups in total. The summed E-state index contributed by atoms with van der Waals surface area (Å²) in [7, 11) is 1.62. The molecule has 0 aliphatic carbocycles. The molecule has 4 rings (SSSR count). The Balaban J connectivity index is 1.49. The zero-order valence-corrected chi connectivity index (χ0v) is 17.8. The maximum Gasteiger partial charge on any atom is 0.253 e. The van der Waals surface area contributed by atoms with E-state index < -0.39 is 0 Å². The maximum absolute atomic E-state index is 12.8. The van der Waals surface area contributed by atoms with E-state index in [1.54, 1.807) is 13.2 Å². The number of halogens is 1. The molecule has 0 saturated carbocycles. The van der Waals surface area contributed by atoms with E-state index in [2.05, 4.69) is 15.6 Å². The van der Waals surface area contributed by atoms with Crippen LogP contribution < -0.4 is 15.4 Å². The second kappa shape index (κ2) is 9.49. The predicted molar refractivity (Wildman–Crippen MR) is 125 cm³/mol. The summed E-state index contributed by atoms with van der Waals surface area (Å²) >= 11 is 6.41. The van der Waals surface area contributed by atoms with Crippen LogP contribution >= 0.6 is 11.6 Å². The molecule has 1 heterocycles. The molecule has 3 aromatic carbocycles. The summed E-state index contributed by atoms with van der Waals surface area (Å²) in [5.41, 5.74) is 3.98. The largest absolute Gasteiger partial charge is 0.497 e. The van der Waals surface area contributed by atoms with E-state index in [1.165, 1.54) is 0 Å². The summed E-state index contributed by atoms with van der Waals surface area (Å²) in [5, 5.41) is 7.68. The van der Waals surface area contributed by atoms with Crippen LogP contribution in [0.2, 0.25) is 5.15 Å². The Hall–Kier alpha value is -3.57. The number of pyridine rings is 1. The van der Waals surface area contributed by atoms with Crippen LogP contribution in [0.5, 0.6) is 5.75 Å². The van der Waals surface area contributed by atoms with Crippen molar-refractivity contribution in [3.8, 4) is 5.75 Å². The number of carbonyl (C=O) groups is 1. The van der Waals surface area contributed by atoms with E-state index in [-0.39, 0.29) is 5.91 Å². The van der Waals surface area contributed by atoms with Crippen molar-refractivity contribution in [2.24, 2.45) is 0 Å². The number of amides is 1. The Labute approximate surface area is 186 Å². The lowest BCUT2D eigenvalue weighted by Gasteiger charge is -2.13. The van der Waals surface area contributed by atoms with Gasteiger partial charge in [-0.15, -0.1) is 0 Å². The minimum absolute atomic E-state index is 0.137. The molecule has 1 aromatic heterocycles. The van der Waals surface area contributed by atoms with Crippen molar-refractivity contribution in [3.05, 3.63) is 101 Å². The van der Waals surface area contributed by atoms with Crippen LogP contribution in [-0.4, -0.2) is 18.0 Å². The van der Waals surface area contributed by atoms with Gasteiger partial charge in [0.25, 0.3) is 5.91 Å². The van der Waals surface area contributed by atoms with E-state index in [9.17, 15) is 4.79 Å². The molecule has 4 aromatic rings. The van der Waals surface area contributed by atoms with E-state index in [1.807, 2.05) is 72.8 Å². The van der Waals surface area contributed by atoms with Crippen molar-refractivity contribution in [2.75, 3.05) is 12.4 Å². The first-order valence-corrected chi connectivity index (χ1v) is 10.3. The molecule has 0 fully saturated rings. The number of aromatic nitrogens is 1. The lowest BCUT2D eigenvalue weighted by atomic mass is 10.1. The number of ether oxygens (including phenoxy) is 1. The fourth-order valence-corrected chi connectivity index (χ4v) is 3.53. The van der Waals surface area contributed by atoms with Crippen LogP contribution in [0.1, 0.15) is 21.5 Å². The Morgan fingerprint density at radius 3 is 2.55 bits per heavy atom. The summed E-state index contributed by atoms with van der Waals surface area (Å²) < 4.78 is 5.25. The monoisotopic (exact) mass is 431 g/mol. The van der Waals surface area contributed by atoms with Crippen molar-refractivity contribution < 1.29 is 9.53 Å². The number of hydrogen-bond acceptors (Lipinski definition) is 4. The van der Waals surface area contributed by atoms with Crippen LogP contribution in [0.25, 0.3) is 10.9 Å². The predicted octanol–water partition coefficient (Wildman–Crippen LogP) is 5.44. The second-order valence-electron chi connectivity index (χ2n) is 7.06. The standard InChI is InChI=1S/C25H22ClN3O2/c1-31-20-12-11-18-13-19(24(26)29-23(18)14-20)16-27-22-10-6-5-9-21(22)25(30)28-15-17-7-3-2-4-8-17/h2-14,27H,15-16H2,1H3,(H,28,30). The van der Waals surface area contributed by atoms with Crippen molar-refractivity contribution in [2.45, 2.75) is 13.1 Å². The highest BCUT2D eigenvalue weighted by Gasteiger charge is 2.12. The van der Waals surface area contributed by atoms with E-state index in [4.69, 9.17) is 16.3 Å². The quantitative estimate of drug-likeness (QED) is 0.382. The fraction of sp³-hybridized carbons (Fsp3) is 0.120. The molecule has 0 atom stereocenters. The summed E-state index contributed by atoms with van der Waals surface area (Å²) in [6, 6.07) is 24.9. The van der Waals surface area contributed by atoms with Gasteiger partial charge in [0, 0.05) is 35.8 Å². The SMILES string of the molecule is COc1ccc2cc(CNc3ccccc3C(=O)NCc3ccccc3)c(Cl)nc2c1. The van der Waals surface area contributed by atoms with E-state index in [0.717, 1.165) is 33.5 Å². The molecule has 5 nitrogen and oxygen atoms in total. The first-order valence-electron chi connectivity index (χ1n) is 9.92. The number of hydrogen-bond donors (Lipinski definition) is 2. The molecule has 0 unspecified atom stereocenters. The average Bonchev–Trinajstić information content (AvgIpc) is 2.81. The molecule has 0 aliphatic heterocycles. The highest BCUT2D eigenvalue weighted by Crippen LogP contribution is 2.25. The number of methoxy groups -OCH3 is 1. The van der Waals surface area contributed by atoms with Gasteiger partial charge in [-0.2, -0.15) is 0 Å². The Kier molecular flexibility index (Phi) is 6.34. The Morgan fingerprint density at radius 1 is 0.968 bits per heavy atom. The van der Waals surface area contributed by atoms with Gasteiger partial charge in [0.15, 0.2) is 0 Å². The van der Waals surface area contributed by atoms with Crippen LogP contribution in [0.3, 0.4) is 0 Å². The van der Waals surface area contributed by atoms with Gasteiger partial charge >= 0.3 is 0 Å². The summed E-state index contributed by atoms with van der Waals surface area (Å²) in [5.74, 6) is 0.596. The van der Waals surface area contributed by atoms with Gasteiger partial charge in [-0.1, -0.05) is 54.1 Å². The zero-order valence-electron chi connectivity index (χ0n) is 17.1. The van der Waals surface area contributed by atoms with Crippen LogP contribution in [0.4, 0.5) is 5.69 Å². The summed E-state index contributed by atoms with van der Waals surface area (Å²) in [6.07, 6.45) is 0. The zero-order chi connectivity index (χ0) is 21.6. The third-order valence-electron chi connectivity index (χ3n) is 4.99. The molecular formula is C25H22ClN3O2. The molecule has 0 aliphatic rings. The smallest absolute Gasteiger partial charge is 0.253 e. The Morgan fingerprint density at radius 2 is 1.74 bits per heavy atom. The third kappa shape index (κ3) is 4.95. The normalized spacial score (nSPS) is 10.6. The van der Waals surface area contributed by atoms with Crippen molar-refractivity contribution in [3.63, 3.8) is 0 Å². The number of benzene rings is 3. The van der Waals surface area contributed by atoms with Crippen LogP contribution in [-0.2, 0) is 13.1 Å². The topological polar surface area (TPSA) is 63.2 Å². The Bertz CT molecular complexity index is 1210. The third-order valence-corrected chi connectivity index (χ3v) is 5.32. The van der Waals surface area contributed by atoms with E-state index >= 15 is 0 Å². The van der Waals surface area contributed by atoms with Gasteiger partial charge < -0.3 is 15.4 Å². The molecule has 0 spiro atoms. The number of para-hydroxylation sites is 1. The van der Waals surface area contributed by atoms with Crippen LogP contribution in [0.15, 0.2) is 78.9 Å². The summed E-state index contributed by atoms with van der Waals surface area (Å²) in [6.45, 7) is 0.911. The molecule has 156 valence electrons. The van der Waals surface area contributed by atoms with Gasteiger partial charge in [-0.25, -0.2) is 4.98 Å². The maximum atomic E-state index is 12.8. The minimum atomic E-state index is -0.137. The van der Waals surface area contributed by atoms with E-state index in [0.29, 0.717) is 23.8 Å². The lowest BCUT2D eigenvalue weighted by Crippen LogP contribution is -2.23. The fourth-order valence-electron chi connectivity index (χ4n) is 3.32. The molecule has 0 saturated heterocycles. The summed E-state index contributed by atoms with van der Waals surface area (Å²) in [4.78, 5) is 17.2. The first-order chi connectivity index (χ1) is 15.1. The number of rotatable bonds is 7. The highest BCUT2D eigenvalue weighted by molar-refractivity contribution is 6.30. The minimum Gasteiger partial charge on any atom is -0.497 e. The van der Waals surface area contributed by atoms with Crippen LogP contribution in [0, 0.1) is 0 Å². The van der Waals surface area contributed by atoms with Gasteiger partial charge in [-0.05, 0) is 35.9 Å². The number of carbonyl (C=O) groups excluding carboxylic acids is 1. The van der Waals surface area contributed by atoms with Gasteiger partial charge in [-0.3, -0.25) is 4.79 Å². The average molecular weight is 432 g/mol. The number of nitrogens with zero attached hydrogens (tertiary/aromatic N) is 1. The molecule has 0 bridgehead atoms. The molecule has 31 heavy (non-hydrogen) atoms. The molecule has 1 amide bonds. The van der Waals surface area contributed by atoms with Gasteiger partial charge in [0.05, 0.1) is 18.2 Å².